The molecule has 11 heteroatoms. The fourth-order valence-corrected chi connectivity index (χ4v) is 6.66. The lowest BCUT2D eigenvalue weighted by Crippen LogP contribution is -2.46. The van der Waals surface area contributed by atoms with Gasteiger partial charge in [0.25, 0.3) is 0 Å². The molecule has 0 bridgehead atoms. The summed E-state index contributed by atoms with van der Waals surface area (Å²) < 4.78 is 8.85. The van der Waals surface area contributed by atoms with Gasteiger partial charge in [0.05, 0.1) is 22.6 Å². The Bertz CT molecular complexity index is 2250. The molecular formula is C41H41N7O4. The number of aromatic nitrogens is 5. The largest absolute Gasteiger partial charge is 0.442 e. The maximum absolute atomic E-state index is 15.1. The molecule has 0 saturated carbocycles. The van der Waals surface area contributed by atoms with E-state index in [0.29, 0.717) is 46.2 Å². The van der Waals surface area contributed by atoms with Crippen molar-refractivity contribution in [3.8, 4) is 17.1 Å². The Balaban J connectivity index is 1.35. The Morgan fingerprint density at radius 3 is 2.15 bits per heavy atom. The molecule has 0 radical (unpaired) electrons. The summed E-state index contributed by atoms with van der Waals surface area (Å²) in [6.45, 7) is 9.56. The first-order valence-electron chi connectivity index (χ1n) is 17.4. The number of rotatable bonds is 8. The predicted octanol–water partition coefficient (Wildman–Crippen LogP) is 7.18. The van der Waals surface area contributed by atoms with Gasteiger partial charge in [0.15, 0.2) is 11.6 Å². The third-order valence-electron chi connectivity index (χ3n) is 9.07. The number of fused-ring (bicyclic) bond motifs is 4. The highest BCUT2D eigenvalue weighted by Gasteiger charge is 2.40. The van der Waals surface area contributed by atoms with Crippen LogP contribution in [-0.4, -0.2) is 65.5 Å². The number of carbonyl (C=O) groups is 3. The molecule has 3 heterocycles. The van der Waals surface area contributed by atoms with E-state index in [1.54, 1.807) is 36.6 Å². The van der Waals surface area contributed by atoms with Gasteiger partial charge < -0.3 is 14.5 Å². The van der Waals surface area contributed by atoms with Gasteiger partial charge in [-0.05, 0) is 58.4 Å². The molecule has 6 aromatic rings. The number of amides is 2. The van der Waals surface area contributed by atoms with Gasteiger partial charge in [-0.1, -0.05) is 91.0 Å². The SMILES string of the molecule is CC(C)N(Cc1ccccc1)C(=O)CN1C(=O)C(Cc2nn(C(=O)OC(C)(C)C)c3ccccc23)c2nnc(-c3ccccc3)n2-c2ccccc21. The molecule has 7 rings (SSSR count). The van der Waals surface area contributed by atoms with Crippen LogP contribution in [0, 0.1) is 0 Å². The number of benzene rings is 4. The lowest BCUT2D eigenvalue weighted by Gasteiger charge is -2.31. The van der Waals surface area contributed by atoms with Crippen molar-refractivity contribution >= 4 is 34.5 Å². The van der Waals surface area contributed by atoms with Crippen LogP contribution in [0.15, 0.2) is 109 Å². The average Bonchev–Trinajstić information content (AvgIpc) is 3.71. The van der Waals surface area contributed by atoms with Crippen LogP contribution in [0.4, 0.5) is 10.5 Å². The van der Waals surface area contributed by atoms with Gasteiger partial charge in [0.2, 0.25) is 11.8 Å². The second-order valence-electron chi connectivity index (χ2n) is 14.2. The summed E-state index contributed by atoms with van der Waals surface area (Å²) in [6, 6.07) is 34.3. The monoisotopic (exact) mass is 695 g/mol. The predicted molar refractivity (Wildman–Crippen MR) is 199 cm³/mol. The molecule has 264 valence electrons. The van der Waals surface area contributed by atoms with E-state index in [-0.39, 0.29) is 30.8 Å². The summed E-state index contributed by atoms with van der Waals surface area (Å²) in [4.78, 5) is 46.1. The molecule has 52 heavy (non-hydrogen) atoms. The van der Waals surface area contributed by atoms with Crippen molar-refractivity contribution in [2.24, 2.45) is 0 Å². The number of hydrogen-bond donors (Lipinski definition) is 0. The first-order valence-corrected chi connectivity index (χ1v) is 17.4. The number of ether oxygens (including phenoxy) is 1. The summed E-state index contributed by atoms with van der Waals surface area (Å²) in [5, 5.41) is 14.7. The maximum Gasteiger partial charge on any atom is 0.435 e. The number of para-hydroxylation sites is 3. The van der Waals surface area contributed by atoms with Gasteiger partial charge in [0, 0.05) is 30.0 Å². The summed E-state index contributed by atoms with van der Waals surface area (Å²) in [5.41, 5.74) is 3.39. The topological polar surface area (TPSA) is 115 Å². The van der Waals surface area contributed by atoms with Gasteiger partial charge in [-0.25, -0.2) is 4.79 Å². The molecule has 11 nitrogen and oxygen atoms in total. The van der Waals surface area contributed by atoms with Crippen LogP contribution in [0.1, 0.15) is 57.6 Å². The van der Waals surface area contributed by atoms with E-state index in [1.165, 1.54) is 4.68 Å². The van der Waals surface area contributed by atoms with Gasteiger partial charge in [-0.2, -0.15) is 9.78 Å². The molecule has 0 spiro atoms. The van der Waals surface area contributed by atoms with E-state index in [2.05, 4.69) is 10.2 Å². The fourth-order valence-electron chi connectivity index (χ4n) is 6.66. The zero-order chi connectivity index (χ0) is 36.6. The minimum atomic E-state index is -0.919. The Morgan fingerprint density at radius 1 is 0.827 bits per heavy atom. The fraction of sp³-hybridized carbons (Fsp3) is 0.268. The summed E-state index contributed by atoms with van der Waals surface area (Å²) in [6.07, 6.45) is -0.540. The third-order valence-corrected chi connectivity index (χ3v) is 9.07. The van der Waals surface area contributed by atoms with Crippen molar-refractivity contribution in [1.82, 2.24) is 29.4 Å². The smallest absolute Gasteiger partial charge is 0.435 e. The highest BCUT2D eigenvalue weighted by Crippen LogP contribution is 2.39. The maximum atomic E-state index is 15.1. The molecule has 1 aliphatic rings. The van der Waals surface area contributed by atoms with Crippen molar-refractivity contribution in [2.45, 2.75) is 65.1 Å². The van der Waals surface area contributed by atoms with Gasteiger partial charge in [-0.15, -0.1) is 10.2 Å². The standard InChI is InChI=1S/C41H41N7O4/c1-27(2)45(25-28-16-8-6-9-17-28)36(49)26-46-34-22-14-15-23-35(34)47-37(29-18-10-7-11-19-29)42-43-38(47)31(39(46)50)24-32-30-20-12-13-21-33(30)48(44-32)40(51)52-41(3,4)5/h6-23,27,31H,24-26H2,1-5H3. The van der Waals surface area contributed by atoms with Crippen LogP contribution in [0.5, 0.6) is 0 Å². The third kappa shape index (κ3) is 6.69. The Hall–Kier alpha value is -6.10. The lowest BCUT2D eigenvalue weighted by atomic mass is 9.98. The molecule has 0 fully saturated rings. The van der Waals surface area contributed by atoms with E-state index < -0.39 is 17.6 Å². The van der Waals surface area contributed by atoms with Crippen LogP contribution in [0.3, 0.4) is 0 Å². The molecule has 2 aromatic heterocycles. The molecule has 0 aliphatic carbocycles. The molecule has 1 atom stereocenters. The van der Waals surface area contributed by atoms with Crippen molar-refractivity contribution in [2.75, 3.05) is 11.4 Å². The van der Waals surface area contributed by atoms with Crippen LogP contribution >= 0.6 is 0 Å². The first-order chi connectivity index (χ1) is 25.0. The summed E-state index contributed by atoms with van der Waals surface area (Å²) in [5.74, 6) is -0.470. The zero-order valence-electron chi connectivity index (χ0n) is 29.9. The number of anilines is 1. The van der Waals surface area contributed by atoms with Gasteiger partial charge in [-0.3, -0.25) is 14.2 Å². The number of nitrogens with zero attached hydrogens (tertiary/aromatic N) is 7. The number of hydrogen-bond acceptors (Lipinski definition) is 7. The van der Waals surface area contributed by atoms with Crippen molar-refractivity contribution < 1.29 is 19.1 Å². The molecule has 1 aliphatic heterocycles. The highest BCUT2D eigenvalue weighted by molar-refractivity contribution is 6.05. The van der Waals surface area contributed by atoms with Gasteiger partial charge >= 0.3 is 6.09 Å². The lowest BCUT2D eigenvalue weighted by molar-refractivity contribution is -0.133. The number of carbonyl (C=O) groups excluding carboxylic acids is 3. The molecule has 0 N–H and O–H groups in total. The minimum Gasteiger partial charge on any atom is -0.442 e. The second-order valence-corrected chi connectivity index (χ2v) is 14.2. The van der Waals surface area contributed by atoms with Crippen molar-refractivity contribution in [1.29, 1.82) is 0 Å². The van der Waals surface area contributed by atoms with E-state index in [9.17, 15) is 9.59 Å². The van der Waals surface area contributed by atoms with E-state index in [4.69, 9.17) is 9.84 Å². The summed E-state index contributed by atoms with van der Waals surface area (Å²) in [7, 11) is 0. The zero-order valence-corrected chi connectivity index (χ0v) is 29.9. The van der Waals surface area contributed by atoms with Crippen LogP contribution in [-0.2, 0) is 27.3 Å². The Morgan fingerprint density at radius 2 is 1.46 bits per heavy atom. The van der Waals surface area contributed by atoms with E-state index in [0.717, 1.165) is 11.1 Å². The Kier molecular flexibility index (Phi) is 9.18. The molecular weight excluding hydrogens is 654 g/mol. The van der Waals surface area contributed by atoms with Crippen molar-refractivity contribution in [3.05, 3.63) is 126 Å². The van der Waals surface area contributed by atoms with Crippen LogP contribution in [0.25, 0.3) is 28.0 Å². The normalized spacial score (nSPS) is 14.2. The first kappa shape index (κ1) is 34.4. The average molecular weight is 696 g/mol. The second kappa shape index (κ2) is 13.9. The molecule has 2 amide bonds. The van der Waals surface area contributed by atoms with Crippen LogP contribution < -0.4 is 4.90 Å². The van der Waals surface area contributed by atoms with E-state index in [1.807, 2.05) is 122 Å². The van der Waals surface area contributed by atoms with Crippen molar-refractivity contribution in [3.63, 3.8) is 0 Å². The van der Waals surface area contributed by atoms with Gasteiger partial charge in [0.1, 0.15) is 18.1 Å². The van der Waals surface area contributed by atoms with Crippen LogP contribution in [0.2, 0.25) is 0 Å². The van der Waals surface area contributed by atoms with E-state index >= 15 is 4.79 Å². The molecule has 1 unspecified atom stereocenters. The highest BCUT2D eigenvalue weighted by atomic mass is 16.6. The summed E-state index contributed by atoms with van der Waals surface area (Å²) >= 11 is 0. The minimum absolute atomic E-state index is 0.0820. The quantitative estimate of drug-likeness (QED) is 0.166. The Labute approximate surface area is 302 Å². The molecule has 4 aromatic carbocycles. The molecule has 0 saturated heterocycles.